The van der Waals surface area contributed by atoms with E-state index in [2.05, 4.69) is 4.98 Å². The average molecular weight is 261 g/mol. The molecule has 0 amide bonds. The molecule has 1 fully saturated rings. The zero-order valence-electron chi connectivity index (χ0n) is 18.2. The lowest BCUT2D eigenvalue weighted by Crippen LogP contribution is -2.41. The van der Waals surface area contributed by atoms with E-state index in [1.807, 2.05) is 0 Å². The van der Waals surface area contributed by atoms with Crippen molar-refractivity contribution in [2.75, 3.05) is 0 Å². The van der Waals surface area contributed by atoms with Gasteiger partial charge < -0.3 is 9.31 Å². The number of nitrogens with zero attached hydrogens (tertiary/aromatic N) is 1. The Morgan fingerprint density at radius 1 is 1.35 bits per heavy atom. The van der Waals surface area contributed by atoms with Gasteiger partial charge in [0.15, 0.2) is 0 Å². The van der Waals surface area contributed by atoms with Crippen LogP contribution in [-0.4, -0.2) is 23.3 Å². The van der Waals surface area contributed by atoms with Gasteiger partial charge in [-0.2, -0.15) is 0 Å². The molecule has 94 valence electrons. The molecule has 0 aromatic carbocycles. The van der Waals surface area contributed by atoms with Crippen LogP contribution in [0.5, 0.6) is 0 Å². The topological polar surface area (TPSA) is 31.4 Å². The zero-order valence-corrected chi connectivity index (χ0v) is 11.1. The third kappa shape index (κ3) is 2.16. The van der Waals surface area contributed by atoms with Crippen LogP contribution in [0.4, 0.5) is 0 Å². The van der Waals surface area contributed by atoms with Crippen LogP contribution in [0.15, 0.2) is 0 Å². The first-order chi connectivity index (χ1) is 10.9. The van der Waals surface area contributed by atoms with Gasteiger partial charge in [0.2, 0.25) is 0 Å². The first-order valence-electron chi connectivity index (χ1n) is 9.27. The molecule has 1 aliphatic heterocycles. The molecule has 0 unspecified atom stereocenters. The molecule has 0 atom stereocenters. The second kappa shape index (κ2) is 4.07. The van der Waals surface area contributed by atoms with Gasteiger partial charge in [-0.15, -0.1) is 11.3 Å². The van der Waals surface area contributed by atoms with Crippen LogP contribution in [0.2, 0.25) is 0 Å². The monoisotopic (exact) mass is 261 g/mol. The predicted octanol–water partition coefficient (Wildman–Crippen LogP) is 2.31. The molecule has 1 aliphatic rings. The fourth-order valence-electron chi connectivity index (χ4n) is 1.54. The summed E-state index contributed by atoms with van der Waals surface area (Å²) >= 11 is 0.519. The maximum absolute atomic E-state index is 8.02. The summed E-state index contributed by atoms with van der Waals surface area (Å²) in [6, 6.07) is 0. The van der Waals surface area contributed by atoms with E-state index in [0.29, 0.717) is 11.3 Å². The van der Waals surface area contributed by atoms with Crippen molar-refractivity contribution in [1.29, 1.82) is 0 Å². The lowest BCUT2D eigenvalue weighted by atomic mass is 9.83. The molecule has 1 aromatic rings. The summed E-state index contributed by atoms with van der Waals surface area (Å²) in [6.45, 7) is 1.53. The number of hydrogen-bond donors (Lipinski definition) is 0. The van der Waals surface area contributed by atoms with Crippen LogP contribution < -0.4 is 5.59 Å². The van der Waals surface area contributed by atoms with E-state index in [0.717, 1.165) is 0 Å². The third-order valence-electron chi connectivity index (χ3n) is 3.24. The van der Waals surface area contributed by atoms with Crippen molar-refractivity contribution in [1.82, 2.24) is 4.98 Å². The van der Waals surface area contributed by atoms with Crippen molar-refractivity contribution in [3.63, 3.8) is 0 Å². The molecule has 1 saturated heterocycles. The average Bonchev–Trinajstić information content (AvgIpc) is 2.87. The summed E-state index contributed by atoms with van der Waals surface area (Å²) in [5, 5.41) is -0.347. The van der Waals surface area contributed by atoms with Crippen LogP contribution in [-0.2, 0) is 15.7 Å². The Hall–Kier alpha value is -0.385. The standard InChI is InChI=1S/C12H20BNO2S/c1-7-9-10(14-8(2)17-9)13-15-11(3,4)12(5,6)16-13/h7H2,1-6H3/i1D3,2D3,7D2. The van der Waals surface area contributed by atoms with Gasteiger partial charge in [-0.05, 0) is 40.9 Å². The van der Waals surface area contributed by atoms with E-state index >= 15 is 0 Å². The van der Waals surface area contributed by atoms with Gasteiger partial charge in [0.1, 0.15) is 0 Å². The Kier molecular flexibility index (Phi) is 1.48. The molecule has 2 heterocycles. The summed E-state index contributed by atoms with van der Waals surface area (Å²) in [5.74, 6) is 0. The van der Waals surface area contributed by atoms with E-state index in [1.165, 1.54) is 0 Å². The first kappa shape index (κ1) is 6.17. The molecule has 0 saturated carbocycles. The molecule has 0 spiro atoms. The van der Waals surface area contributed by atoms with Crippen LogP contribution in [0, 0.1) is 6.85 Å². The Morgan fingerprint density at radius 2 is 2.00 bits per heavy atom. The van der Waals surface area contributed by atoms with Gasteiger partial charge in [-0.1, -0.05) is 6.85 Å². The Bertz CT molecular complexity index is 651. The number of hydrogen-bond acceptors (Lipinski definition) is 4. The SMILES string of the molecule is [2H]C([2H])([2H])c1nc(B2OC(C)(C)C(C)(C)O2)c(C([2H])([2H])C([2H])([2H])[2H])s1. The summed E-state index contributed by atoms with van der Waals surface area (Å²) in [6.07, 6.45) is -2.78. The summed E-state index contributed by atoms with van der Waals surface area (Å²) in [5.41, 5.74) is -1.65. The highest BCUT2D eigenvalue weighted by atomic mass is 32.1. The minimum atomic E-state index is -3.00. The van der Waals surface area contributed by atoms with Crippen LogP contribution in [0.25, 0.3) is 0 Å². The largest absolute Gasteiger partial charge is 0.515 e. The lowest BCUT2D eigenvalue weighted by Gasteiger charge is -2.32. The van der Waals surface area contributed by atoms with Crippen LogP contribution >= 0.6 is 11.3 Å². The molecule has 0 bridgehead atoms. The van der Waals surface area contributed by atoms with E-state index in [4.69, 9.17) is 20.3 Å². The van der Waals surface area contributed by atoms with Crippen LogP contribution in [0.1, 0.15) is 55.4 Å². The number of thiazole rings is 1. The second-order valence-corrected chi connectivity index (χ2v) is 5.95. The van der Waals surface area contributed by atoms with Crippen molar-refractivity contribution < 1.29 is 20.3 Å². The number of aryl methyl sites for hydroxylation is 2. The lowest BCUT2D eigenvalue weighted by molar-refractivity contribution is 0.00578. The summed E-state index contributed by atoms with van der Waals surface area (Å²) in [7, 11) is -1.15. The van der Waals surface area contributed by atoms with Gasteiger partial charge >= 0.3 is 7.12 Å². The molecule has 2 rings (SSSR count). The molecule has 0 radical (unpaired) electrons. The quantitative estimate of drug-likeness (QED) is 0.765. The highest BCUT2D eigenvalue weighted by Gasteiger charge is 2.53. The van der Waals surface area contributed by atoms with Crippen molar-refractivity contribution in [3.8, 4) is 0 Å². The second-order valence-electron chi connectivity index (χ2n) is 4.95. The molecule has 5 heteroatoms. The van der Waals surface area contributed by atoms with E-state index in [9.17, 15) is 0 Å². The molecule has 3 nitrogen and oxygen atoms in total. The van der Waals surface area contributed by atoms with Gasteiger partial charge in [-0.3, -0.25) is 4.98 Å². The maximum Gasteiger partial charge on any atom is 0.515 e. The normalized spacial score (nSPS) is 31.4. The molecule has 17 heavy (non-hydrogen) atoms. The predicted molar refractivity (Wildman–Crippen MR) is 71.9 cm³/mol. The number of aromatic nitrogens is 1. The van der Waals surface area contributed by atoms with Crippen molar-refractivity contribution in [2.45, 2.75) is 59.0 Å². The highest BCUT2D eigenvalue weighted by Crippen LogP contribution is 2.36. The summed E-state index contributed by atoms with van der Waals surface area (Å²) in [4.78, 5) is 3.68. The van der Waals surface area contributed by atoms with Crippen molar-refractivity contribution >= 4 is 24.0 Å². The maximum atomic E-state index is 8.02. The molecule has 0 N–H and O–H groups in total. The molecule has 1 aromatic heterocycles. The fraction of sp³-hybridized carbons (Fsp3) is 0.750. The van der Waals surface area contributed by atoms with E-state index in [1.54, 1.807) is 27.7 Å². The van der Waals surface area contributed by atoms with E-state index < -0.39 is 38.4 Å². The van der Waals surface area contributed by atoms with Gasteiger partial charge in [0.05, 0.1) is 21.8 Å². The Morgan fingerprint density at radius 3 is 2.53 bits per heavy atom. The summed E-state index contributed by atoms with van der Waals surface area (Å²) < 4.78 is 72.6. The van der Waals surface area contributed by atoms with Gasteiger partial charge in [0.25, 0.3) is 0 Å². The number of rotatable bonds is 2. The smallest absolute Gasteiger partial charge is 0.398 e. The fourth-order valence-corrected chi connectivity index (χ4v) is 2.17. The van der Waals surface area contributed by atoms with Crippen LogP contribution in [0.3, 0.4) is 0 Å². The van der Waals surface area contributed by atoms with Crippen molar-refractivity contribution in [3.05, 3.63) is 9.88 Å². The van der Waals surface area contributed by atoms with Crippen molar-refractivity contribution in [2.24, 2.45) is 0 Å². The van der Waals surface area contributed by atoms with Gasteiger partial charge in [-0.25, -0.2) is 0 Å². The molecule has 0 aliphatic carbocycles. The molecular formula is C12H20BNO2S. The molecular weight excluding hydrogens is 233 g/mol. The Balaban J connectivity index is 2.60. The minimum absolute atomic E-state index is 0.129. The first-order valence-corrected chi connectivity index (χ1v) is 6.09. The highest BCUT2D eigenvalue weighted by molar-refractivity contribution is 7.12. The minimum Gasteiger partial charge on any atom is -0.398 e. The Labute approximate surface area is 119 Å². The zero-order chi connectivity index (χ0) is 19.6. The van der Waals surface area contributed by atoms with Gasteiger partial charge in [0, 0.05) is 15.8 Å². The van der Waals surface area contributed by atoms with E-state index in [-0.39, 0.29) is 15.5 Å². The third-order valence-corrected chi connectivity index (χ3v) is 4.04.